The predicted octanol–water partition coefficient (Wildman–Crippen LogP) is 6.65. The number of morpholine rings is 1. The zero-order valence-electron chi connectivity index (χ0n) is 32.5. The quantitative estimate of drug-likeness (QED) is 0.169. The summed E-state index contributed by atoms with van der Waals surface area (Å²) in [6.07, 6.45) is 2.55. The van der Waals surface area contributed by atoms with Crippen LogP contribution in [0.4, 0.5) is 5.69 Å². The second-order valence-electron chi connectivity index (χ2n) is 14.4. The Morgan fingerprint density at radius 2 is 1.64 bits per heavy atom. The maximum atomic E-state index is 15.2. The maximum absolute atomic E-state index is 15.2. The number of ether oxygens (including phenoxy) is 3. The van der Waals surface area contributed by atoms with Crippen molar-refractivity contribution in [1.82, 2.24) is 14.4 Å². The third-order valence-electron chi connectivity index (χ3n) is 11.2. The summed E-state index contributed by atoms with van der Waals surface area (Å²) < 4.78 is 18.8. The number of aryl methyl sites for hydroxylation is 1. The molecule has 0 radical (unpaired) electrons. The molecule has 288 valence electrons. The molecule has 4 aromatic carbocycles. The van der Waals surface area contributed by atoms with Gasteiger partial charge in [0.25, 0.3) is 11.8 Å². The molecule has 2 aliphatic heterocycles. The van der Waals surface area contributed by atoms with Gasteiger partial charge in [0.2, 0.25) is 0 Å². The van der Waals surface area contributed by atoms with Gasteiger partial charge in [-0.25, -0.2) is 0 Å². The number of hydrogen-bond donors (Lipinski definition) is 1. The minimum atomic E-state index is -0.301. The van der Waals surface area contributed by atoms with Crippen molar-refractivity contribution in [1.29, 1.82) is 5.26 Å². The van der Waals surface area contributed by atoms with Crippen LogP contribution in [0.5, 0.6) is 17.2 Å². The van der Waals surface area contributed by atoms with E-state index >= 15 is 9.59 Å². The first-order chi connectivity index (χ1) is 27.1. The lowest BCUT2D eigenvalue weighted by atomic mass is 9.90. The number of methoxy groups -OCH3 is 2. The highest BCUT2D eigenvalue weighted by Gasteiger charge is 2.35. The zero-order chi connectivity index (χ0) is 39.5. The van der Waals surface area contributed by atoms with Gasteiger partial charge in [-0.1, -0.05) is 36.4 Å². The van der Waals surface area contributed by atoms with E-state index in [1.165, 1.54) is 12.7 Å². The normalized spacial score (nSPS) is 15.5. The molecule has 0 unspecified atom stereocenters. The predicted molar refractivity (Wildman–Crippen MR) is 214 cm³/mol. The van der Waals surface area contributed by atoms with Gasteiger partial charge in [-0.05, 0) is 85.0 Å². The summed E-state index contributed by atoms with van der Waals surface area (Å²) >= 11 is 0. The van der Waals surface area contributed by atoms with Crippen LogP contribution in [0, 0.1) is 25.2 Å². The minimum absolute atomic E-state index is 0.0791. The molecule has 2 amide bonds. The van der Waals surface area contributed by atoms with Gasteiger partial charge >= 0.3 is 0 Å². The van der Waals surface area contributed by atoms with E-state index in [0.29, 0.717) is 77.9 Å². The first kappa shape index (κ1) is 38.2. The topological polar surface area (TPSA) is 120 Å². The van der Waals surface area contributed by atoms with E-state index in [1.807, 2.05) is 66.9 Å². The molecule has 1 saturated heterocycles. The van der Waals surface area contributed by atoms with E-state index in [-0.39, 0.29) is 35.7 Å². The Balaban J connectivity index is 1.36. The highest BCUT2D eigenvalue weighted by Crippen LogP contribution is 2.39. The molecule has 1 fully saturated rings. The monoisotopic (exact) mass is 753 g/mol. The number of benzene rings is 4. The molecule has 3 heterocycles. The van der Waals surface area contributed by atoms with E-state index in [0.717, 1.165) is 29.8 Å². The first-order valence-corrected chi connectivity index (χ1v) is 18.8. The van der Waals surface area contributed by atoms with Crippen LogP contribution < -0.4 is 14.4 Å². The van der Waals surface area contributed by atoms with Crippen molar-refractivity contribution >= 4 is 17.5 Å². The molecule has 7 rings (SSSR count). The Morgan fingerprint density at radius 1 is 0.929 bits per heavy atom. The Labute approximate surface area is 327 Å². The van der Waals surface area contributed by atoms with Crippen molar-refractivity contribution < 1.29 is 28.9 Å². The Bertz CT molecular complexity index is 2300. The molecule has 1 aromatic heterocycles. The van der Waals surface area contributed by atoms with E-state index in [2.05, 4.69) is 23.1 Å². The van der Waals surface area contributed by atoms with Gasteiger partial charge in [0.1, 0.15) is 23.3 Å². The summed E-state index contributed by atoms with van der Waals surface area (Å²) in [7, 11) is 4.98. The number of rotatable bonds is 10. The van der Waals surface area contributed by atoms with Crippen molar-refractivity contribution in [3.8, 4) is 34.4 Å². The molecule has 1 atom stereocenters. The van der Waals surface area contributed by atoms with Crippen LogP contribution in [-0.2, 0) is 31.3 Å². The fraction of sp³-hybridized carbons (Fsp3) is 0.311. The summed E-state index contributed by atoms with van der Waals surface area (Å²) in [5, 5.41) is 20.5. The van der Waals surface area contributed by atoms with E-state index < -0.39 is 0 Å². The lowest BCUT2D eigenvalue weighted by molar-refractivity contribution is 0.0193. The average Bonchev–Trinajstić information content (AvgIpc) is 3.52. The van der Waals surface area contributed by atoms with E-state index in [4.69, 9.17) is 14.2 Å². The molecule has 0 spiro atoms. The number of nitrogens with zero attached hydrogens (tertiary/aromatic N) is 5. The van der Waals surface area contributed by atoms with Crippen LogP contribution in [0.3, 0.4) is 0 Å². The van der Waals surface area contributed by atoms with Crippen LogP contribution in [0.1, 0.15) is 54.2 Å². The van der Waals surface area contributed by atoms with Crippen molar-refractivity contribution in [3.63, 3.8) is 0 Å². The van der Waals surface area contributed by atoms with Crippen molar-refractivity contribution in [2.45, 2.75) is 39.4 Å². The molecule has 11 nitrogen and oxygen atoms in total. The lowest BCUT2D eigenvalue weighted by Gasteiger charge is -2.40. The van der Waals surface area contributed by atoms with Gasteiger partial charge < -0.3 is 33.7 Å². The van der Waals surface area contributed by atoms with Crippen LogP contribution in [0.2, 0.25) is 0 Å². The third-order valence-corrected chi connectivity index (χ3v) is 11.2. The average molecular weight is 754 g/mol. The second kappa shape index (κ2) is 16.3. The Morgan fingerprint density at radius 3 is 2.34 bits per heavy atom. The standard InChI is InChI=1S/C45H47N5O6/c1-29-32(11-8-12-41(29)54-4)25-49(35-13-15-37(51)16-14-35)45(53)43-30(2)47(3)28-40(43)38-23-42(55-5)34(24-46)22-39(38)44(52)50-26-33-10-7-6-9-31(33)21-36(50)27-48-17-19-56-20-18-48/h6-16,22-23,28,36,51H,17-21,25-27H2,1-5H3/t36-/m0/s1. The largest absolute Gasteiger partial charge is 0.508 e. The zero-order valence-corrected chi connectivity index (χ0v) is 32.5. The number of phenolic OH excluding ortho intramolecular Hbond substituents is 1. The van der Waals surface area contributed by atoms with Gasteiger partial charge in [-0.3, -0.25) is 14.5 Å². The molecule has 11 heteroatoms. The first-order valence-electron chi connectivity index (χ1n) is 18.8. The number of phenols is 1. The SMILES string of the molecule is COc1cc(-c2cn(C)c(C)c2C(=O)N(Cc2cccc(OC)c2C)c2ccc(O)cc2)c(C(=O)N2Cc3ccccc3C[C@H]2CN2CCOCC2)cc1C#N. The minimum Gasteiger partial charge on any atom is -0.508 e. The molecule has 0 bridgehead atoms. The van der Waals surface area contributed by atoms with Crippen molar-refractivity contribution in [2.24, 2.45) is 7.05 Å². The molecular formula is C45H47N5O6. The molecule has 56 heavy (non-hydrogen) atoms. The molecule has 2 aliphatic rings. The highest BCUT2D eigenvalue weighted by atomic mass is 16.5. The summed E-state index contributed by atoms with van der Waals surface area (Å²) in [5.41, 5.74) is 7.31. The van der Waals surface area contributed by atoms with Crippen molar-refractivity contribution in [3.05, 3.63) is 130 Å². The fourth-order valence-corrected chi connectivity index (χ4v) is 7.93. The molecule has 5 aromatic rings. The molecule has 0 saturated carbocycles. The van der Waals surface area contributed by atoms with Crippen LogP contribution in [-0.4, -0.2) is 84.4 Å². The number of aromatic hydroxyl groups is 1. The molecule has 1 N–H and O–H groups in total. The van der Waals surface area contributed by atoms with E-state index in [9.17, 15) is 10.4 Å². The van der Waals surface area contributed by atoms with Gasteiger partial charge in [0, 0.05) is 73.5 Å². The van der Waals surface area contributed by atoms with Crippen LogP contribution >= 0.6 is 0 Å². The number of fused-ring (bicyclic) bond motifs is 1. The number of hydrogen-bond acceptors (Lipinski definition) is 8. The lowest BCUT2D eigenvalue weighted by Crippen LogP contribution is -2.52. The van der Waals surface area contributed by atoms with E-state index in [1.54, 1.807) is 48.4 Å². The van der Waals surface area contributed by atoms with Crippen LogP contribution in [0.25, 0.3) is 11.1 Å². The van der Waals surface area contributed by atoms with Gasteiger partial charge in [0.15, 0.2) is 0 Å². The number of carbonyl (C=O) groups excluding carboxylic acids is 2. The number of carbonyl (C=O) groups is 2. The van der Waals surface area contributed by atoms with Gasteiger partial charge in [0.05, 0.1) is 45.1 Å². The van der Waals surface area contributed by atoms with Crippen molar-refractivity contribution in [2.75, 3.05) is 52.0 Å². The maximum Gasteiger partial charge on any atom is 0.261 e. The Kier molecular flexibility index (Phi) is 11.1. The molecule has 0 aliphatic carbocycles. The second-order valence-corrected chi connectivity index (χ2v) is 14.4. The Hall–Kier alpha value is -6.09. The number of nitriles is 1. The van der Waals surface area contributed by atoms with Crippen LogP contribution in [0.15, 0.2) is 85.1 Å². The fourth-order valence-electron chi connectivity index (χ4n) is 7.93. The summed E-state index contributed by atoms with van der Waals surface area (Å²) in [6, 6.07) is 25.9. The number of amides is 2. The highest BCUT2D eigenvalue weighted by molar-refractivity contribution is 6.13. The van der Waals surface area contributed by atoms with Gasteiger partial charge in [-0.15, -0.1) is 0 Å². The molecular weight excluding hydrogens is 707 g/mol. The summed E-state index contributed by atoms with van der Waals surface area (Å²) in [4.78, 5) is 36.4. The number of anilines is 1. The summed E-state index contributed by atoms with van der Waals surface area (Å²) in [6.45, 7) is 8.00. The smallest absolute Gasteiger partial charge is 0.261 e. The third kappa shape index (κ3) is 7.46. The van der Waals surface area contributed by atoms with Gasteiger partial charge in [-0.2, -0.15) is 5.26 Å². The number of aromatic nitrogens is 1. The summed E-state index contributed by atoms with van der Waals surface area (Å²) in [5.74, 6) is 0.557.